The predicted octanol–water partition coefficient (Wildman–Crippen LogP) is 2.30. The Bertz CT molecular complexity index is 913. The normalized spacial score (nSPS) is 14.3. The number of nitrogens with one attached hydrogen (secondary N) is 2. The van der Waals surface area contributed by atoms with Gasteiger partial charge in [-0.2, -0.15) is 0 Å². The van der Waals surface area contributed by atoms with E-state index < -0.39 is 17.4 Å². The van der Waals surface area contributed by atoms with Gasteiger partial charge in [0.1, 0.15) is 5.60 Å². The van der Waals surface area contributed by atoms with Gasteiger partial charge in [-0.25, -0.2) is 0 Å². The molecule has 0 spiro atoms. The highest BCUT2D eigenvalue weighted by Gasteiger charge is 2.28. The van der Waals surface area contributed by atoms with Crippen LogP contribution in [0.4, 0.5) is 5.69 Å². The number of benzene rings is 2. The molecule has 7 nitrogen and oxygen atoms in total. The molecular weight excluding hydrogens is 360 g/mol. The van der Waals surface area contributed by atoms with Crippen LogP contribution in [0.25, 0.3) is 0 Å². The van der Waals surface area contributed by atoms with Crippen LogP contribution >= 0.6 is 0 Å². The van der Waals surface area contributed by atoms with Gasteiger partial charge in [0.2, 0.25) is 6.79 Å². The minimum Gasteiger partial charge on any atom is -0.454 e. The summed E-state index contributed by atoms with van der Waals surface area (Å²) in [5.41, 5.74) is 2.62. The molecule has 1 aliphatic heterocycles. The average molecular weight is 384 g/mol. The molecule has 0 radical (unpaired) electrons. The second kappa shape index (κ2) is 7.52. The number of rotatable bonds is 4. The van der Waals surface area contributed by atoms with Crippen molar-refractivity contribution < 1.29 is 24.2 Å². The minimum atomic E-state index is -1.38. The van der Waals surface area contributed by atoms with Crippen LogP contribution in [-0.4, -0.2) is 30.3 Å². The highest BCUT2D eigenvalue weighted by atomic mass is 16.7. The second-order valence-electron chi connectivity index (χ2n) is 7.25. The Morgan fingerprint density at radius 1 is 1.04 bits per heavy atom. The molecule has 0 aliphatic carbocycles. The standard InChI is InChI=1S/C21H24N2O5/c1-12-7-13(2)18(14(3)8-12)23-20(25)19(24)22-10-21(4,26)15-5-6-16-17(9-15)28-11-27-16/h5-9,26H,10-11H2,1-4H3,(H,22,24)(H,23,25). The lowest BCUT2D eigenvalue weighted by Gasteiger charge is -2.24. The summed E-state index contributed by atoms with van der Waals surface area (Å²) in [6.45, 7) is 7.27. The molecule has 1 heterocycles. The van der Waals surface area contributed by atoms with Crippen molar-refractivity contribution >= 4 is 17.5 Å². The van der Waals surface area contributed by atoms with E-state index in [1.165, 1.54) is 0 Å². The smallest absolute Gasteiger partial charge is 0.313 e. The third-order valence-electron chi connectivity index (χ3n) is 4.71. The number of carbonyl (C=O) groups is 2. The summed E-state index contributed by atoms with van der Waals surface area (Å²) < 4.78 is 10.6. The quantitative estimate of drug-likeness (QED) is 0.703. The first-order valence-electron chi connectivity index (χ1n) is 8.97. The maximum absolute atomic E-state index is 12.3. The van der Waals surface area contributed by atoms with Gasteiger partial charge in [0.05, 0.1) is 6.54 Å². The van der Waals surface area contributed by atoms with Crippen molar-refractivity contribution in [2.75, 3.05) is 18.7 Å². The predicted molar refractivity (Wildman–Crippen MR) is 104 cm³/mol. The molecule has 0 bridgehead atoms. The lowest BCUT2D eigenvalue weighted by atomic mass is 9.95. The molecule has 148 valence electrons. The fourth-order valence-corrected chi connectivity index (χ4v) is 3.21. The summed E-state index contributed by atoms with van der Waals surface area (Å²) in [7, 11) is 0. The maximum Gasteiger partial charge on any atom is 0.313 e. The molecule has 0 fully saturated rings. The van der Waals surface area contributed by atoms with E-state index in [1.54, 1.807) is 25.1 Å². The Hall–Kier alpha value is -3.06. The van der Waals surface area contributed by atoms with Crippen molar-refractivity contribution in [3.8, 4) is 11.5 Å². The van der Waals surface area contributed by atoms with Gasteiger partial charge in [-0.05, 0) is 56.5 Å². The number of amides is 2. The summed E-state index contributed by atoms with van der Waals surface area (Å²) in [4.78, 5) is 24.5. The average Bonchev–Trinajstić information content (AvgIpc) is 3.10. The first-order chi connectivity index (χ1) is 13.2. The van der Waals surface area contributed by atoms with Crippen LogP contribution < -0.4 is 20.1 Å². The lowest BCUT2D eigenvalue weighted by molar-refractivity contribution is -0.136. The van der Waals surface area contributed by atoms with Crippen molar-refractivity contribution in [1.82, 2.24) is 5.32 Å². The van der Waals surface area contributed by atoms with Crippen LogP contribution in [0.5, 0.6) is 11.5 Å². The maximum atomic E-state index is 12.3. The SMILES string of the molecule is Cc1cc(C)c(NC(=O)C(=O)NCC(C)(O)c2ccc3c(c2)OCO3)c(C)c1. The highest BCUT2D eigenvalue weighted by Crippen LogP contribution is 2.35. The van der Waals surface area contributed by atoms with E-state index in [4.69, 9.17) is 9.47 Å². The largest absolute Gasteiger partial charge is 0.454 e. The van der Waals surface area contributed by atoms with Crippen molar-refractivity contribution in [2.45, 2.75) is 33.3 Å². The summed E-state index contributed by atoms with van der Waals surface area (Å²) in [5, 5.41) is 15.8. The molecule has 1 unspecified atom stereocenters. The number of fused-ring (bicyclic) bond motifs is 1. The van der Waals surface area contributed by atoms with E-state index in [9.17, 15) is 14.7 Å². The van der Waals surface area contributed by atoms with Gasteiger partial charge in [0, 0.05) is 5.69 Å². The van der Waals surface area contributed by atoms with E-state index in [2.05, 4.69) is 10.6 Å². The molecule has 7 heteroatoms. The van der Waals surface area contributed by atoms with Crippen molar-refractivity contribution in [1.29, 1.82) is 0 Å². The monoisotopic (exact) mass is 384 g/mol. The number of aliphatic hydroxyl groups is 1. The Labute approximate surface area is 163 Å². The van der Waals surface area contributed by atoms with Crippen molar-refractivity contribution in [2.24, 2.45) is 0 Å². The molecule has 3 N–H and O–H groups in total. The van der Waals surface area contributed by atoms with Gasteiger partial charge in [-0.1, -0.05) is 23.8 Å². The first kappa shape index (κ1) is 19.7. The fraction of sp³-hybridized carbons (Fsp3) is 0.333. The molecule has 2 aromatic rings. The summed E-state index contributed by atoms with van der Waals surface area (Å²) in [5.74, 6) is -0.462. The molecule has 2 amide bonds. The second-order valence-corrected chi connectivity index (χ2v) is 7.25. The van der Waals surface area contributed by atoms with Crippen LogP contribution in [-0.2, 0) is 15.2 Å². The van der Waals surface area contributed by atoms with E-state index in [0.29, 0.717) is 22.7 Å². The number of carbonyl (C=O) groups excluding carboxylic acids is 2. The van der Waals surface area contributed by atoms with E-state index >= 15 is 0 Å². The number of hydrogen-bond acceptors (Lipinski definition) is 5. The molecule has 3 rings (SSSR count). The van der Waals surface area contributed by atoms with Crippen LogP contribution in [0.1, 0.15) is 29.2 Å². The summed E-state index contributed by atoms with van der Waals surface area (Å²) >= 11 is 0. The van der Waals surface area contributed by atoms with E-state index in [-0.39, 0.29) is 13.3 Å². The fourth-order valence-electron chi connectivity index (χ4n) is 3.21. The van der Waals surface area contributed by atoms with Crippen LogP contribution in [0.2, 0.25) is 0 Å². The lowest BCUT2D eigenvalue weighted by Crippen LogP contribution is -2.43. The summed E-state index contributed by atoms with van der Waals surface area (Å²) in [6, 6.07) is 8.92. The highest BCUT2D eigenvalue weighted by molar-refractivity contribution is 6.39. The zero-order chi connectivity index (χ0) is 20.5. The Balaban J connectivity index is 1.64. The number of anilines is 1. The third kappa shape index (κ3) is 4.09. The zero-order valence-electron chi connectivity index (χ0n) is 16.4. The zero-order valence-corrected chi connectivity index (χ0v) is 16.4. The minimum absolute atomic E-state index is 0.134. The van der Waals surface area contributed by atoms with Gasteiger partial charge in [0.15, 0.2) is 11.5 Å². The molecule has 28 heavy (non-hydrogen) atoms. The molecule has 1 aliphatic rings. The van der Waals surface area contributed by atoms with Gasteiger partial charge >= 0.3 is 11.8 Å². The van der Waals surface area contributed by atoms with Gasteiger partial charge in [-0.15, -0.1) is 0 Å². The van der Waals surface area contributed by atoms with E-state index in [1.807, 2.05) is 32.9 Å². The molecular formula is C21H24N2O5. The number of ether oxygens (including phenoxy) is 2. The van der Waals surface area contributed by atoms with Crippen molar-refractivity contribution in [3.05, 3.63) is 52.6 Å². The number of hydrogen-bond donors (Lipinski definition) is 3. The van der Waals surface area contributed by atoms with Crippen LogP contribution in [0.3, 0.4) is 0 Å². The molecule has 0 saturated heterocycles. The van der Waals surface area contributed by atoms with Gasteiger partial charge < -0.3 is 25.2 Å². The molecule has 0 saturated carbocycles. The Kier molecular flexibility index (Phi) is 5.29. The van der Waals surface area contributed by atoms with Crippen LogP contribution in [0.15, 0.2) is 30.3 Å². The van der Waals surface area contributed by atoms with Gasteiger partial charge in [-0.3, -0.25) is 9.59 Å². The van der Waals surface area contributed by atoms with Crippen molar-refractivity contribution in [3.63, 3.8) is 0 Å². The Morgan fingerprint density at radius 2 is 1.68 bits per heavy atom. The van der Waals surface area contributed by atoms with Crippen LogP contribution in [0, 0.1) is 20.8 Å². The van der Waals surface area contributed by atoms with E-state index in [0.717, 1.165) is 16.7 Å². The third-order valence-corrected chi connectivity index (χ3v) is 4.71. The van der Waals surface area contributed by atoms with Gasteiger partial charge in [0.25, 0.3) is 0 Å². The molecule has 0 aromatic heterocycles. The Morgan fingerprint density at radius 3 is 2.36 bits per heavy atom. The number of aryl methyl sites for hydroxylation is 3. The summed E-state index contributed by atoms with van der Waals surface area (Å²) in [6.07, 6.45) is 0. The first-order valence-corrected chi connectivity index (χ1v) is 8.97. The molecule has 1 atom stereocenters. The molecule has 2 aromatic carbocycles. The topological polar surface area (TPSA) is 96.9 Å².